The van der Waals surface area contributed by atoms with Gasteiger partial charge in [-0.25, -0.2) is 4.79 Å². The number of carbonyl (C=O) groups is 1. The summed E-state index contributed by atoms with van der Waals surface area (Å²) in [4.78, 5) is 10.7. The van der Waals surface area contributed by atoms with Gasteiger partial charge >= 0.3 is 16.2 Å². The second-order valence-electron chi connectivity index (χ2n) is 2.86. The smallest absolute Gasteiger partial charge is 0.348 e. The Hall–Kier alpha value is -1.12. The molecule has 1 rings (SSSR count). The molecule has 0 amide bonds. The van der Waals surface area contributed by atoms with Gasteiger partial charge in [-0.2, -0.15) is 12.7 Å². The van der Waals surface area contributed by atoms with Crippen LogP contribution < -0.4 is 4.72 Å². The lowest BCUT2D eigenvalue weighted by atomic mass is 10.4. The summed E-state index contributed by atoms with van der Waals surface area (Å²) in [5.41, 5.74) is 0.0844. The highest BCUT2D eigenvalue weighted by Crippen LogP contribution is 2.23. The molecule has 0 saturated carbocycles. The molecule has 8 heteroatoms. The van der Waals surface area contributed by atoms with Gasteiger partial charge in [0, 0.05) is 14.1 Å². The van der Waals surface area contributed by atoms with Gasteiger partial charge in [-0.1, -0.05) is 0 Å². The predicted molar refractivity (Wildman–Crippen MR) is 57.5 cm³/mol. The van der Waals surface area contributed by atoms with E-state index in [4.69, 9.17) is 5.11 Å². The van der Waals surface area contributed by atoms with Crippen LogP contribution in [0.25, 0.3) is 0 Å². The van der Waals surface area contributed by atoms with Crippen LogP contribution in [-0.2, 0) is 10.2 Å². The van der Waals surface area contributed by atoms with Gasteiger partial charge in [0.05, 0.1) is 5.69 Å². The average molecular weight is 250 g/mol. The summed E-state index contributed by atoms with van der Waals surface area (Å²) in [5.74, 6) is -1.15. The van der Waals surface area contributed by atoms with Gasteiger partial charge in [-0.05, 0) is 11.4 Å². The molecule has 0 radical (unpaired) electrons. The van der Waals surface area contributed by atoms with E-state index in [1.54, 1.807) is 0 Å². The second kappa shape index (κ2) is 4.17. The molecule has 0 unspecified atom stereocenters. The van der Waals surface area contributed by atoms with Crippen molar-refractivity contribution in [2.45, 2.75) is 0 Å². The highest BCUT2D eigenvalue weighted by molar-refractivity contribution is 7.90. The summed E-state index contributed by atoms with van der Waals surface area (Å²) in [6, 6.07) is 1.41. The minimum absolute atomic E-state index is 0.0274. The molecule has 1 heterocycles. The van der Waals surface area contributed by atoms with Crippen LogP contribution >= 0.6 is 11.3 Å². The van der Waals surface area contributed by atoms with Gasteiger partial charge in [0.15, 0.2) is 0 Å². The zero-order chi connectivity index (χ0) is 11.6. The highest BCUT2D eigenvalue weighted by atomic mass is 32.2. The summed E-state index contributed by atoms with van der Waals surface area (Å²) in [6.07, 6.45) is 0. The van der Waals surface area contributed by atoms with Crippen LogP contribution in [0.2, 0.25) is 0 Å². The molecule has 84 valence electrons. The van der Waals surface area contributed by atoms with Crippen LogP contribution in [-0.4, -0.2) is 37.9 Å². The summed E-state index contributed by atoms with van der Waals surface area (Å²) in [7, 11) is -0.938. The predicted octanol–water partition coefficient (Wildman–Crippen LogP) is 0.665. The number of carboxylic acid groups (broad SMARTS) is 1. The first-order chi connectivity index (χ1) is 6.84. The Morgan fingerprint density at radius 1 is 1.53 bits per heavy atom. The van der Waals surface area contributed by atoms with Gasteiger partial charge in [-0.3, -0.25) is 4.72 Å². The van der Waals surface area contributed by atoms with Crippen molar-refractivity contribution in [3.8, 4) is 0 Å². The minimum atomic E-state index is -3.65. The van der Waals surface area contributed by atoms with Crippen molar-refractivity contribution < 1.29 is 18.3 Å². The first-order valence-electron chi connectivity index (χ1n) is 3.85. The van der Waals surface area contributed by atoms with Crippen molar-refractivity contribution >= 4 is 33.2 Å². The number of aromatic carboxylic acids is 1. The Morgan fingerprint density at radius 2 is 2.13 bits per heavy atom. The maximum atomic E-state index is 11.4. The van der Waals surface area contributed by atoms with Crippen LogP contribution in [0, 0.1) is 0 Å². The molecule has 0 aliphatic rings. The van der Waals surface area contributed by atoms with Crippen molar-refractivity contribution in [2.75, 3.05) is 18.8 Å². The van der Waals surface area contributed by atoms with Crippen LogP contribution in [0.15, 0.2) is 11.4 Å². The Bertz CT molecular complexity index is 463. The fourth-order valence-corrected chi connectivity index (χ4v) is 2.17. The topological polar surface area (TPSA) is 86.7 Å². The first-order valence-corrected chi connectivity index (χ1v) is 6.17. The SMILES string of the molecule is CN(C)S(=O)(=O)Nc1ccsc1C(=O)O. The Labute approximate surface area is 91.3 Å². The Balaban J connectivity index is 3.01. The third kappa shape index (κ3) is 2.67. The van der Waals surface area contributed by atoms with Crippen molar-refractivity contribution in [3.63, 3.8) is 0 Å². The summed E-state index contributed by atoms with van der Waals surface area (Å²) >= 11 is 0.965. The van der Waals surface area contributed by atoms with E-state index in [9.17, 15) is 13.2 Å². The number of nitrogens with one attached hydrogen (secondary N) is 1. The van der Waals surface area contributed by atoms with E-state index in [1.807, 2.05) is 0 Å². The van der Waals surface area contributed by atoms with Crippen molar-refractivity contribution in [2.24, 2.45) is 0 Å². The van der Waals surface area contributed by atoms with E-state index in [1.165, 1.54) is 25.5 Å². The second-order valence-corrected chi connectivity index (χ2v) is 5.66. The molecular formula is C7H10N2O4S2. The van der Waals surface area contributed by atoms with Crippen LogP contribution in [0.5, 0.6) is 0 Å². The van der Waals surface area contributed by atoms with Crippen LogP contribution in [0.3, 0.4) is 0 Å². The highest BCUT2D eigenvalue weighted by Gasteiger charge is 2.18. The minimum Gasteiger partial charge on any atom is -0.477 e. The maximum absolute atomic E-state index is 11.4. The lowest BCUT2D eigenvalue weighted by Crippen LogP contribution is -2.29. The van der Waals surface area contributed by atoms with E-state index in [-0.39, 0.29) is 10.6 Å². The van der Waals surface area contributed by atoms with Crippen molar-refractivity contribution in [1.82, 2.24) is 4.31 Å². The number of hydrogen-bond acceptors (Lipinski definition) is 4. The molecule has 1 aromatic rings. The number of thiophene rings is 1. The molecule has 0 bridgehead atoms. The van der Waals surface area contributed by atoms with Crippen LogP contribution in [0.1, 0.15) is 9.67 Å². The number of nitrogens with zero attached hydrogens (tertiary/aromatic N) is 1. The molecule has 2 N–H and O–H groups in total. The number of anilines is 1. The zero-order valence-electron chi connectivity index (χ0n) is 8.09. The van der Waals surface area contributed by atoms with Crippen molar-refractivity contribution in [3.05, 3.63) is 16.3 Å². The van der Waals surface area contributed by atoms with Gasteiger partial charge < -0.3 is 5.11 Å². The first kappa shape index (κ1) is 12.0. The molecule has 15 heavy (non-hydrogen) atoms. The molecule has 0 saturated heterocycles. The molecule has 0 spiro atoms. The zero-order valence-corrected chi connectivity index (χ0v) is 9.72. The number of carboxylic acids is 1. The summed E-state index contributed by atoms with van der Waals surface area (Å²) in [6.45, 7) is 0. The van der Waals surface area contributed by atoms with Crippen molar-refractivity contribution in [1.29, 1.82) is 0 Å². The maximum Gasteiger partial charge on any atom is 0.348 e. The lowest BCUT2D eigenvalue weighted by molar-refractivity contribution is 0.0703. The number of rotatable bonds is 4. The molecule has 6 nitrogen and oxygen atoms in total. The van der Waals surface area contributed by atoms with Gasteiger partial charge in [-0.15, -0.1) is 11.3 Å². The molecule has 0 aliphatic carbocycles. The van der Waals surface area contributed by atoms with E-state index in [0.717, 1.165) is 15.6 Å². The lowest BCUT2D eigenvalue weighted by Gasteiger charge is -2.12. The number of hydrogen-bond donors (Lipinski definition) is 2. The Morgan fingerprint density at radius 3 is 2.60 bits per heavy atom. The van der Waals surface area contributed by atoms with Gasteiger partial charge in [0.25, 0.3) is 0 Å². The molecular weight excluding hydrogens is 240 g/mol. The quantitative estimate of drug-likeness (QED) is 0.822. The Kier molecular flexibility index (Phi) is 3.32. The van der Waals surface area contributed by atoms with Gasteiger partial charge in [0.2, 0.25) is 0 Å². The summed E-state index contributed by atoms with van der Waals surface area (Å²) in [5, 5.41) is 10.3. The molecule has 0 fully saturated rings. The monoisotopic (exact) mass is 250 g/mol. The molecule has 1 aromatic heterocycles. The fraction of sp³-hybridized carbons (Fsp3) is 0.286. The van der Waals surface area contributed by atoms with Gasteiger partial charge in [0.1, 0.15) is 4.88 Å². The normalized spacial score (nSPS) is 11.7. The molecule has 0 atom stereocenters. The molecule has 0 aromatic carbocycles. The summed E-state index contributed by atoms with van der Waals surface area (Å²) < 4.78 is 25.9. The largest absolute Gasteiger partial charge is 0.477 e. The molecule has 0 aliphatic heterocycles. The fourth-order valence-electron chi connectivity index (χ4n) is 0.785. The van der Waals surface area contributed by atoms with E-state index >= 15 is 0 Å². The van der Waals surface area contributed by atoms with Crippen LogP contribution in [0.4, 0.5) is 5.69 Å². The third-order valence-electron chi connectivity index (χ3n) is 1.58. The van der Waals surface area contributed by atoms with E-state index < -0.39 is 16.2 Å². The van der Waals surface area contributed by atoms with E-state index in [0.29, 0.717) is 0 Å². The standard InChI is InChI=1S/C7H10N2O4S2/c1-9(2)15(12,13)8-5-3-4-14-6(5)7(10)11/h3-4,8H,1-2H3,(H,10,11). The van der Waals surface area contributed by atoms with E-state index in [2.05, 4.69) is 4.72 Å². The average Bonchev–Trinajstić information content (AvgIpc) is 2.51. The third-order valence-corrected chi connectivity index (χ3v) is 3.92.